The van der Waals surface area contributed by atoms with E-state index in [0.29, 0.717) is 16.3 Å². The minimum Gasteiger partial charge on any atom is -0.497 e. The van der Waals surface area contributed by atoms with Gasteiger partial charge in [-0.05, 0) is 46.9 Å². The first-order valence-electron chi connectivity index (χ1n) is 7.44. The second kappa shape index (κ2) is 6.90. The van der Waals surface area contributed by atoms with Crippen LogP contribution in [0.2, 0.25) is 5.02 Å². The van der Waals surface area contributed by atoms with Gasteiger partial charge in [0.15, 0.2) is 0 Å². The molecule has 0 fully saturated rings. The maximum absolute atomic E-state index is 14.4. The van der Waals surface area contributed by atoms with Crippen molar-refractivity contribution in [3.63, 3.8) is 0 Å². The van der Waals surface area contributed by atoms with E-state index < -0.39 is 0 Å². The third-order valence-corrected chi connectivity index (χ3v) is 4.02. The number of methoxy groups -OCH3 is 2. The van der Waals surface area contributed by atoms with Crippen molar-refractivity contribution in [3.05, 3.63) is 52.8 Å². The first-order chi connectivity index (χ1) is 10.8. The third-order valence-electron chi connectivity index (χ3n) is 3.78. The van der Waals surface area contributed by atoms with E-state index in [4.69, 9.17) is 21.1 Å². The van der Waals surface area contributed by atoms with Crippen LogP contribution in [-0.4, -0.2) is 14.2 Å². The molecule has 0 radical (unpaired) electrons. The summed E-state index contributed by atoms with van der Waals surface area (Å²) in [7, 11) is 3.22. The first kappa shape index (κ1) is 17.8. The standard InChI is InChI=1S/C19H22ClFO2/c1-19(2,3)18(23-5)16-10-12(20)6-8-14(16)15-11-13(22-4)7-9-17(15)21/h6-11,18H,1-5H3. The highest BCUT2D eigenvalue weighted by Crippen LogP contribution is 2.42. The molecule has 0 aliphatic carbocycles. The van der Waals surface area contributed by atoms with Crippen LogP contribution in [0.15, 0.2) is 36.4 Å². The highest BCUT2D eigenvalue weighted by atomic mass is 35.5. The van der Waals surface area contributed by atoms with Crippen molar-refractivity contribution >= 4 is 11.6 Å². The molecule has 2 aromatic carbocycles. The van der Waals surface area contributed by atoms with Gasteiger partial charge in [0.25, 0.3) is 0 Å². The highest BCUT2D eigenvalue weighted by Gasteiger charge is 2.29. The topological polar surface area (TPSA) is 18.5 Å². The number of halogens is 2. The Bertz CT molecular complexity index is 692. The molecule has 0 bridgehead atoms. The largest absolute Gasteiger partial charge is 0.497 e. The SMILES string of the molecule is COc1ccc(F)c(-c2ccc(Cl)cc2C(OC)C(C)(C)C)c1. The van der Waals surface area contributed by atoms with Gasteiger partial charge >= 0.3 is 0 Å². The Hall–Kier alpha value is -1.58. The molecule has 4 heteroatoms. The normalized spacial score (nSPS) is 13.0. The lowest BCUT2D eigenvalue weighted by atomic mass is 9.81. The Balaban J connectivity index is 2.69. The van der Waals surface area contributed by atoms with Crippen molar-refractivity contribution in [2.75, 3.05) is 14.2 Å². The van der Waals surface area contributed by atoms with Crippen LogP contribution >= 0.6 is 11.6 Å². The summed E-state index contributed by atoms with van der Waals surface area (Å²) >= 11 is 6.18. The van der Waals surface area contributed by atoms with Gasteiger partial charge in [-0.3, -0.25) is 0 Å². The zero-order chi connectivity index (χ0) is 17.2. The zero-order valence-corrected chi connectivity index (χ0v) is 14.9. The molecule has 1 unspecified atom stereocenters. The Morgan fingerprint density at radius 3 is 2.26 bits per heavy atom. The average Bonchev–Trinajstić information content (AvgIpc) is 2.48. The van der Waals surface area contributed by atoms with Crippen LogP contribution in [-0.2, 0) is 4.74 Å². The van der Waals surface area contributed by atoms with Gasteiger partial charge in [0.1, 0.15) is 11.6 Å². The molecule has 0 aromatic heterocycles. The Labute approximate surface area is 142 Å². The van der Waals surface area contributed by atoms with Crippen molar-refractivity contribution in [1.82, 2.24) is 0 Å². The molecule has 2 rings (SSSR count). The van der Waals surface area contributed by atoms with E-state index in [9.17, 15) is 4.39 Å². The van der Waals surface area contributed by atoms with E-state index in [2.05, 4.69) is 20.8 Å². The van der Waals surface area contributed by atoms with E-state index >= 15 is 0 Å². The number of hydrogen-bond donors (Lipinski definition) is 0. The van der Waals surface area contributed by atoms with Crippen LogP contribution in [0.25, 0.3) is 11.1 Å². The fraction of sp³-hybridized carbons (Fsp3) is 0.368. The summed E-state index contributed by atoms with van der Waals surface area (Å²) in [5.41, 5.74) is 1.93. The van der Waals surface area contributed by atoms with Crippen molar-refractivity contribution in [3.8, 4) is 16.9 Å². The molecule has 23 heavy (non-hydrogen) atoms. The lowest BCUT2D eigenvalue weighted by Crippen LogP contribution is -2.21. The number of ether oxygens (including phenoxy) is 2. The number of benzene rings is 2. The van der Waals surface area contributed by atoms with Crippen LogP contribution in [0.1, 0.15) is 32.4 Å². The van der Waals surface area contributed by atoms with E-state index in [1.165, 1.54) is 6.07 Å². The molecule has 2 aromatic rings. The van der Waals surface area contributed by atoms with Gasteiger partial charge < -0.3 is 9.47 Å². The minimum absolute atomic E-state index is 0.163. The average molecular weight is 337 g/mol. The van der Waals surface area contributed by atoms with E-state index in [1.807, 2.05) is 12.1 Å². The maximum atomic E-state index is 14.4. The summed E-state index contributed by atoms with van der Waals surface area (Å²) in [5.74, 6) is 0.296. The molecule has 0 saturated carbocycles. The molecule has 0 N–H and O–H groups in total. The molecule has 124 valence electrons. The van der Waals surface area contributed by atoms with Crippen molar-refractivity contribution in [2.24, 2.45) is 5.41 Å². The predicted molar refractivity (Wildman–Crippen MR) is 92.6 cm³/mol. The lowest BCUT2D eigenvalue weighted by molar-refractivity contribution is 0.0156. The van der Waals surface area contributed by atoms with Crippen LogP contribution in [0.5, 0.6) is 5.75 Å². The third kappa shape index (κ3) is 3.85. The fourth-order valence-electron chi connectivity index (χ4n) is 2.78. The number of hydrogen-bond acceptors (Lipinski definition) is 2. The van der Waals surface area contributed by atoms with Crippen molar-refractivity contribution in [1.29, 1.82) is 0 Å². The molecule has 0 heterocycles. The molecule has 2 nitrogen and oxygen atoms in total. The van der Waals surface area contributed by atoms with E-state index in [0.717, 1.165) is 11.1 Å². The fourth-order valence-corrected chi connectivity index (χ4v) is 2.96. The van der Waals surface area contributed by atoms with Gasteiger partial charge in [0, 0.05) is 17.7 Å². The summed E-state index contributed by atoms with van der Waals surface area (Å²) < 4.78 is 25.3. The Morgan fingerprint density at radius 1 is 1.00 bits per heavy atom. The monoisotopic (exact) mass is 336 g/mol. The molecule has 1 atom stereocenters. The van der Waals surface area contributed by atoms with E-state index in [-0.39, 0.29) is 17.3 Å². The molecule has 0 saturated heterocycles. The molecule has 0 aliphatic rings. The first-order valence-corrected chi connectivity index (χ1v) is 7.82. The van der Waals surface area contributed by atoms with Crippen LogP contribution < -0.4 is 4.74 Å². The molecular weight excluding hydrogens is 315 g/mol. The second-order valence-corrected chi connectivity index (χ2v) is 7.00. The van der Waals surface area contributed by atoms with Gasteiger partial charge in [-0.1, -0.05) is 38.4 Å². The smallest absolute Gasteiger partial charge is 0.131 e. The summed E-state index contributed by atoms with van der Waals surface area (Å²) in [6.07, 6.45) is -0.221. The van der Waals surface area contributed by atoms with E-state index in [1.54, 1.807) is 32.4 Å². The van der Waals surface area contributed by atoms with Crippen LogP contribution in [0.4, 0.5) is 4.39 Å². The number of rotatable bonds is 4. The van der Waals surface area contributed by atoms with Gasteiger partial charge in [-0.2, -0.15) is 0 Å². The van der Waals surface area contributed by atoms with Gasteiger partial charge in [-0.25, -0.2) is 4.39 Å². The summed E-state index contributed by atoms with van der Waals surface area (Å²) in [6, 6.07) is 10.1. The van der Waals surface area contributed by atoms with Gasteiger partial charge in [0.05, 0.1) is 13.2 Å². The van der Waals surface area contributed by atoms with Crippen LogP contribution in [0.3, 0.4) is 0 Å². The van der Waals surface area contributed by atoms with Crippen LogP contribution in [0, 0.1) is 11.2 Å². The quantitative estimate of drug-likeness (QED) is 0.693. The summed E-state index contributed by atoms with van der Waals surface area (Å²) in [5, 5.41) is 0.596. The van der Waals surface area contributed by atoms with Crippen molar-refractivity contribution in [2.45, 2.75) is 26.9 Å². The molecule has 0 spiro atoms. The predicted octanol–water partition coefficient (Wildman–Crippen LogP) is 5.89. The highest BCUT2D eigenvalue weighted by molar-refractivity contribution is 6.30. The molecule has 0 aliphatic heterocycles. The molecule has 0 amide bonds. The minimum atomic E-state index is -0.307. The summed E-state index contributed by atoms with van der Waals surface area (Å²) in [6.45, 7) is 6.23. The zero-order valence-electron chi connectivity index (χ0n) is 14.1. The van der Waals surface area contributed by atoms with Crippen molar-refractivity contribution < 1.29 is 13.9 Å². The lowest BCUT2D eigenvalue weighted by Gasteiger charge is -2.31. The van der Waals surface area contributed by atoms with Gasteiger partial charge in [-0.15, -0.1) is 0 Å². The van der Waals surface area contributed by atoms with Gasteiger partial charge in [0.2, 0.25) is 0 Å². The Kier molecular flexibility index (Phi) is 5.33. The maximum Gasteiger partial charge on any atom is 0.131 e. The Morgan fingerprint density at radius 2 is 1.70 bits per heavy atom. The molecular formula is C19H22ClFO2. The summed E-state index contributed by atoms with van der Waals surface area (Å²) in [4.78, 5) is 0. The second-order valence-electron chi connectivity index (χ2n) is 6.56.